The molecule has 0 saturated carbocycles. The molecule has 2 aromatic rings. The number of benzene rings is 2. The topological polar surface area (TPSA) is 35.2 Å². The normalized spacial score (nSPS) is 12.5. The van der Waals surface area contributed by atoms with Crippen molar-refractivity contribution in [3.63, 3.8) is 0 Å². The van der Waals surface area contributed by atoms with E-state index < -0.39 is 12.7 Å². The fraction of sp³-hybridized carbons (Fsp3) is 0.250. The number of nitrogens with two attached hydrogens (primary N) is 1. The van der Waals surface area contributed by atoms with E-state index in [0.29, 0.717) is 10.6 Å². The number of halogens is 3. The standard InChI is InChI=1S/C16H16ClF2NO/c1-9-6-13(14(17)7-10(9)2)15(20)11-4-3-5-12(8-11)21-16(18)19/h3-8,15-16H,20H2,1-2H3. The van der Waals surface area contributed by atoms with E-state index in [1.807, 2.05) is 26.0 Å². The van der Waals surface area contributed by atoms with Gasteiger partial charge in [0.15, 0.2) is 0 Å². The summed E-state index contributed by atoms with van der Waals surface area (Å²) in [6.07, 6.45) is 0. The second-order valence-electron chi connectivity index (χ2n) is 4.89. The van der Waals surface area contributed by atoms with Crippen molar-refractivity contribution in [1.82, 2.24) is 0 Å². The SMILES string of the molecule is Cc1cc(Cl)c(C(N)c2cccc(OC(F)F)c2)cc1C. The number of ether oxygens (including phenoxy) is 1. The van der Waals surface area contributed by atoms with Crippen LogP contribution in [0.2, 0.25) is 5.02 Å². The van der Waals surface area contributed by atoms with Crippen LogP contribution in [0.1, 0.15) is 28.3 Å². The van der Waals surface area contributed by atoms with Gasteiger partial charge >= 0.3 is 6.61 Å². The first kappa shape index (κ1) is 15.7. The predicted octanol–water partition coefficient (Wildman–Crippen LogP) is 4.61. The number of hydrogen-bond acceptors (Lipinski definition) is 2. The van der Waals surface area contributed by atoms with Crippen LogP contribution in [0.4, 0.5) is 8.78 Å². The Morgan fingerprint density at radius 2 is 1.76 bits per heavy atom. The average molecular weight is 312 g/mol. The van der Waals surface area contributed by atoms with Crippen LogP contribution in [-0.4, -0.2) is 6.61 Å². The Bertz CT molecular complexity index is 646. The molecule has 0 aliphatic heterocycles. The van der Waals surface area contributed by atoms with Gasteiger partial charge in [0.2, 0.25) is 0 Å². The van der Waals surface area contributed by atoms with Crippen molar-refractivity contribution in [2.24, 2.45) is 5.73 Å². The maximum atomic E-state index is 12.3. The highest BCUT2D eigenvalue weighted by molar-refractivity contribution is 6.31. The summed E-state index contributed by atoms with van der Waals surface area (Å²) in [5.74, 6) is 0.0814. The van der Waals surface area contributed by atoms with E-state index in [9.17, 15) is 8.78 Å². The van der Waals surface area contributed by atoms with E-state index in [2.05, 4.69) is 4.74 Å². The molecular formula is C16H16ClF2NO. The molecule has 0 radical (unpaired) electrons. The third kappa shape index (κ3) is 3.71. The Labute approximate surface area is 127 Å². The van der Waals surface area contributed by atoms with E-state index in [1.54, 1.807) is 12.1 Å². The lowest BCUT2D eigenvalue weighted by Crippen LogP contribution is -2.13. The lowest BCUT2D eigenvalue weighted by atomic mass is 9.96. The molecule has 0 saturated heterocycles. The molecule has 1 atom stereocenters. The van der Waals surface area contributed by atoms with Crippen molar-refractivity contribution < 1.29 is 13.5 Å². The minimum absolute atomic E-state index is 0.0814. The molecular weight excluding hydrogens is 296 g/mol. The lowest BCUT2D eigenvalue weighted by Gasteiger charge is -2.17. The van der Waals surface area contributed by atoms with Crippen LogP contribution < -0.4 is 10.5 Å². The minimum atomic E-state index is -2.86. The van der Waals surface area contributed by atoms with Crippen molar-refractivity contribution in [2.75, 3.05) is 0 Å². The average Bonchev–Trinajstić information content (AvgIpc) is 2.41. The Morgan fingerprint density at radius 1 is 1.10 bits per heavy atom. The van der Waals surface area contributed by atoms with Gasteiger partial charge in [-0.05, 0) is 54.3 Å². The largest absolute Gasteiger partial charge is 0.435 e. The third-order valence-electron chi connectivity index (χ3n) is 3.39. The lowest BCUT2D eigenvalue weighted by molar-refractivity contribution is -0.0498. The van der Waals surface area contributed by atoms with Crippen LogP contribution in [0.3, 0.4) is 0 Å². The summed E-state index contributed by atoms with van der Waals surface area (Å²) in [6, 6.07) is 9.62. The van der Waals surface area contributed by atoms with Gasteiger partial charge in [-0.25, -0.2) is 0 Å². The molecule has 0 fully saturated rings. The molecule has 21 heavy (non-hydrogen) atoms. The molecule has 0 aromatic heterocycles. The second-order valence-corrected chi connectivity index (χ2v) is 5.29. The highest BCUT2D eigenvalue weighted by Crippen LogP contribution is 2.30. The van der Waals surface area contributed by atoms with Gasteiger partial charge in [0, 0.05) is 5.02 Å². The number of alkyl halides is 2. The van der Waals surface area contributed by atoms with Gasteiger partial charge in [0.05, 0.1) is 6.04 Å². The van der Waals surface area contributed by atoms with Crippen LogP contribution in [0.15, 0.2) is 36.4 Å². The summed E-state index contributed by atoms with van der Waals surface area (Å²) in [5, 5.41) is 0.561. The zero-order valence-electron chi connectivity index (χ0n) is 11.7. The fourth-order valence-electron chi connectivity index (χ4n) is 2.11. The van der Waals surface area contributed by atoms with E-state index in [0.717, 1.165) is 16.7 Å². The molecule has 2 nitrogen and oxygen atoms in total. The third-order valence-corrected chi connectivity index (χ3v) is 3.72. The highest BCUT2D eigenvalue weighted by Gasteiger charge is 2.15. The first-order chi connectivity index (χ1) is 9.88. The van der Waals surface area contributed by atoms with E-state index in [-0.39, 0.29) is 5.75 Å². The Hall–Kier alpha value is -1.65. The Kier molecular flexibility index (Phi) is 4.80. The van der Waals surface area contributed by atoms with Crippen LogP contribution in [-0.2, 0) is 0 Å². The quantitative estimate of drug-likeness (QED) is 0.895. The van der Waals surface area contributed by atoms with Crippen molar-refractivity contribution in [3.05, 3.63) is 63.7 Å². The van der Waals surface area contributed by atoms with Gasteiger partial charge in [0.25, 0.3) is 0 Å². The van der Waals surface area contributed by atoms with Gasteiger partial charge in [-0.15, -0.1) is 0 Å². The van der Waals surface area contributed by atoms with Gasteiger partial charge < -0.3 is 10.5 Å². The molecule has 2 rings (SSSR count). The summed E-state index contributed by atoms with van der Waals surface area (Å²) in [5.41, 5.74) is 9.78. The molecule has 0 spiro atoms. The molecule has 0 aliphatic rings. The highest BCUT2D eigenvalue weighted by atomic mass is 35.5. The molecule has 0 aliphatic carbocycles. The molecule has 0 bridgehead atoms. The zero-order valence-corrected chi connectivity index (χ0v) is 12.5. The fourth-order valence-corrected chi connectivity index (χ4v) is 2.44. The molecule has 0 amide bonds. The van der Waals surface area contributed by atoms with Gasteiger partial charge in [-0.3, -0.25) is 0 Å². The van der Waals surface area contributed by atoms with Crippen molar-refractivity contribution in [3.8, 4) is 5.75 Å². The van der Waals surface area contributed by atoms with Crippen molar-refractivity contribution in [1.29, 1.82) is 0 Å². The smallest absolute Gasteiger partial charge is 0.387 e. The molecule has 2 N–H and O–H groups in total. The van der Waals surface area contributed by atoms with Gasteiger partial charge in [-0.1, -0.05) is 29.8 Å². The van der Waals surface area contributed by atoms with Crippen LogP contribution in [0.5, 0.6) is 5.75 Å². The summed E-state index contributed by atoms with van der Waals surface area (Å²) in [6.45, 7) is 1.08. The first-order valence-corrected chi connectivity index (χ1v) is 6.83. The van der Waals surface area contributed by atoms with E-state index >= 15 is 0 Å². The predicted molar refractivity (Wildman–Crippen MR) is 80.0 cm³/mol. The number of rotatable bonds is 4. The molecule has 5 heteroatoms. The van der Waals surface area contributed by atoms with Crippen LogP contribution in [0, 0.1) is 13.8 Å². The summed E-state index contributed by atoms with van der Waals surface area (Å²) < 4.78 is 28.9. The van der Waals surface area contributed by atoms with Crippen molar-refractivity contribution >= 4 is 11.6 Å². The van der Waals surface area contributed by atoms with E-state index in [1.165, 1.54) is 12.1 Å². The summed E-state index contributed by atoms with van der Waals surface area (Å²) in [7, 11) is 0. The summed E-state index contributed by atoms with van der Waals surface area (Å²) >= 11 is 6.24. The van der Waals surface area contributed by atoms with E-state index in [4.69, 9.17) is 17.3 Å². The summed E-state index contributed by atoms with van der Waals surface area (Å²) in [4.78, 5) is 0. The number of hydrogen-bond donors (Lipinski definition) is 1. The molecule has 0 heterocycles. The Balaban J connectivity index is 2.36. The maximum Gasteiger partial charge on any atom is 0.387 e. The first-order valence-electron chi connectivity index (χ1n) is 6.45. The monoisotopic (exact) mass is 311 g/mol. The minimum Gasteiger partial charge on any atom is -0.435 e. The zero-order chi connectivity index (χ0) is 15.6. The number of aryl methyl sites for hydroxylation is 2. The molecule has 2 aromatic carbocycles. The van der Waals surface area contributed by atoms with Gasteiger partial charge in [-0.2, -0.15) is 8.78 Å². The van der Waals surface area contributed by atoms with Crippen LogP contribution >= 0.6 is 11.6 Å². The Morgan fingerprint density at radius 3 is 2.43 bits per heavy atom. The van der Waals surface area contributed by atoms with Gasteiger partial charge in [0.1, 0.15) is 5.75 Å². The van der Waals surface area contributed by atoms with Crippen LogP contribution in [0.25, 0.3) is 0 Å². The van der Waals surface area contributed by atoms with Crippen molar-refractivity contribution in [2.45, 2.75) is 26.5 Å². The molecule has 112 valence electrons. The maximum absolute atomic E-state index is 12.3. The molecule has 1 unspecified atom stereocenters. The second kappa shape index (κ2) is 6.41.